The van der Waals surface area contributed by atoms with Gasteiger partial charge in [-0.25, -0.2) is 0 Å². The molecule has 0 radical (unpaired) electrons. The van der Waals surface area contributed by atoms with Gasteiger partial charge in [0.15, 0.2) is 0 Å². The van der Waals surface area contributed by atoms with Gasteiger partial charge in [0.2, 0.25) is 5.78 Å². The first-order valence-corrected chi connectivity index (χ1v) is 5.27. The van der Waals surface area contributed by atoms with Crippen molar-refractivity contribution >= 4 is 17.4 Å². The van der Waals surface area contributed by atoms with Crippen LogP contribution in [-0.4, -0.2) is 10.8 Å². The maximum absolute atomic E-state index is 12.0. The van der Waals surface area contributed by atoms with Crippen LogP contribution in [-0.2, 0) is 0 Å². The molecule has 2 rings (SSSR count). The Morgan fingerprint density at radius 1 is 1.19 bits per heavy atom. The summed E-state index contributed by atoms with van der Waals surface area (Å²) in [7, 11) is 0. The molecule has 0 saturated heterocycles. The summed E-state index contributed by atoms with van der Waals surface area (Å²) in [5.41, 5.74) is 2.08. The first-order chi connectivity index (χ1) is 7.66. The molecule has 0 aliphatic carbocycles. The summed E-state index contributed by atoms with van der Waals surface area (Å²) >= 11 is 5.76. The Morgan fingerprint density at radius 3 is 2.50 bits per heavy atom. The van der Waals surface area contributed by atoms with Crippen LogP contribution in [0.15, 0.2) is 42.6 Å². The van der Waals surface area contributed by atoms with E-state index in [1.165, 1.54) is 0 Å². The number of nitrogens with zero attached hydrogens (tertiary/aromatic N) is 1. The van der Waals surface area contributed by atoms with Crippen molar-refractivity contribution < 1.29 is 4.79 Å². The molecule has 0 aliphatic rings. The minimum Gasteiger partial charge on any atom is -0.287 e. The molecule has 0 fully saturated rings. The first kappa shape index (κ1) is 10.8. The van der Waals surface area contributed by atoms with Crippen molar-refractivity contribution in [2.24, 2.45) is 0 Å². The highest BCUT2D eigenvalue weighted by Crippen LogP contribution is 2.13. The fourth-order valence-electron chi connectivity index (χ4n) is 1.41. The summed E-state index contributed by atoms with van der Waals surface area (Å²) in [4.78, 5) is 16.1. The third kappa shape index (κ3) is 2.28. The molecule has 1 heterocycles. The Labute approximate surface area is 98.9 Å². The fourth-order valence-corrected chi connectivity index (χ4v) is 1.54. The number of carbonyl (C=O) groups excluding carboxylic acids is 1. The number of pyridine rings is 1. The van der Waals surface area contributed by atoms with Crippen LogP contribution in [0.4, 0.5) is 0 Å². The highest BCUT2D eigenvalue weighted by atomic mass is 35.5. The number of halogens is 1. The number of hydrogen-bond donors (Lipinski definition) is 0. The molecule has 0 atom stereocenters. The third-order valence-electron chi connectivity index (χ3n) is 2.25. The standard InChI is InChI=1S/C13H10ClNO/c1-9-6-7-15-12(8-9)13(16)10-2-4-11(14)5-3-10/h2-8H,1H3. The minimum atomic E-state index is -0.0830. The van der Waals surface area contributed by atoms with Crippen molar-refractivity contribution in [2.45, 2.75) is 6.92 Å². The number of carbonyl (C=O) groups is 1. The summed E-state index contributed by atoms with van der Waals surface area (Å²) in [5.74, 6) is -0.0830. The second-order valence-corrected chi connectivity index (χ2v) is 3.99. The molecule has 80 valence electrons. The Bertz CT molecular complexity index is 520. The van der Waals surface area contributed by atoms with E-state index in [-0.39, 0.29) is 5.78 Å². The normalized spacial score (nSPS) is 10.1. The molecule has 0 N–H and O–H groups in total. The van der Waals surface area contributed by atoms with Crippen molar-refractivity contribution in [1.29, 1.82) is 0 Å². The van der Waals surface area contributed by atoms with E-state index in [0.29, 0.717) is 16.3 Å². The van der Waals surface area contributed by atoms with Gasteiger partial charge >= 0.3 is 0 Å². The largest absolute Gasteiger partial charge is 0.287 e. The number of hydrogen-bond acceptors (Lipinski definition) is 2. The van der Waals surface area contributed by atoms with E-state index in [1.54, 1.807) is 36.5 Å². The SMILES string of the molecule is Cc1ccnc(C(=O)c2ccc(Cl)cc2)c1. The van der Waals surface area contributed by atoms with Crippen molar-refractivity contribution in [2.75, 3.05) is 0 Å². The second-order valence-electron chi connectivity index (χ2n) is 3.55. The molecular weight excluding hydrogens is 222 g/mol. The van der Waals surface area contributed by atoms with Crippen LogP contribution in [0, 0.1) is 6.92 Å². The highest BCUT2D eigenvalue weighted by Gasteiger charge is 2.09. The van der Waals surface area contributed by atoms with Crippen molar-refractivity contribution in [3.63, 3.8) is 0 Å². The quantitative estimate of drug-likeness (QED) is 0.743. The lowest BCUT2D eigenvalue weighted by Gasteiger charge is -2.01. The van der Waals surface area contributed by atoms with E-state index < -0.39 is 0 Å². The van der Waals surface area contributed by atoms with Crippen LogP contribution in [0.1, 0.15) is 21.6 Å². The number of aryl methyl sites for hydroxylation is 1. The molecule has 0 aliphatic heterocycles. The zero-order valence-electron chi connectivity index (χ0n) is 8.77. The van der Waals surface area contributed by atoms with Gasteiger partial charge in [0.1, 0.15) is 5.69 Å². The van der Waals surface area contributed by atoms with Gasteiger partial charge in [-0.2, -0.15) is 0 Å². The van der Waals surface area contributed by atoms with E-state index in [1.807, 2.05) is 13.0 Å². The lowest BCUT2D eigenvalue weighted by Crippen LogP contribution is -2.03. The molecule has 0 bridgehead atoms. The lowest BCUT2D eigenvalue weighted by molar-refractivity contribution is 0.103. The molecule has 2 aromatic rings. The summed E-state index contributed by atoms with van der Waals surface area (Å²) in [6.45, 7) is 1.93. The van der Waals surface area contributed by atoms with Gasteiger partial charge < -0.3 is 0 Å². The number of ketones is 1. The smallest absolute Gasteiger partial charge is 0.211 e. The molecule has 0 saturated carbocycles. The van der Waals surface area contributed by atoms with Gasteiger partial charge in [-0.15, -0.1) is 0 Å². The van der Waals surface area contributed by atoms with Crippen LogP contribution >= 0.6 is 11.6 Å². The maximum Gasteiger partial charge on any atom is 0.211 e. The van der Waals surface area contributed by atoms with E-state index >= 15 is 0 Å². The monoisotopic (exact) mass is 231 g/mol. The van der Waals surface area contributed by atoms with E-state index in [9.17, 15) is 4.79 Å². The molecule has 1 aromatic heterocycles. The van der Waals surface area contributed by atoms with Gasteiger partial charge in [-0.3, -0.25) is 9.78 Å². The molecule has 0 unspecified atom stereocenters. The van der Waals surface area contributed by atoms with E-state index in [2.05, 4.69) is 4.98 Å². The predicted octanol–water partition coefficient (Wildman–Crippen LogP) is 3.27. The Kier molecular flexibility index (Phi) is 3.02. The molecule has 1 aromatic carbocycles. The van der Waals surface area contributed by atoms with Crippen LogP contribution in [0.3, 0.4) is 0 Å². The molecule has 2 nitrogen and oxygen atoms in total. The zero-order chi connectivity index (χ0) is 11.5. The van der Waals surface area contributed by atoms with Gasteiger partial charge in [0.25, 0.3) is 0 Å². The van der Waals surface area contributed by atoms with Crippen molar-refractivity contribution in [3.05, 3.63) is 64.4 Å². The number of rotatable bonds is 2. The topological polar surface area (TPSA) is 30.0 Å². The Balaban J connectivity index is 2.35. The van der Waals surface area contributed by atoms with Gasteiger partial charge in [-0.1, -0.05) is 11.6 Å². The highest BCUT2D eigenvalue weighted by molar-refractivity contribution is 6.30. The summed E-state index contributed by atoms with van der Waals surface area (Å²) in [6, 6.07) is 10.4. The van der Waals surface area contributed by atoms with Crippen LogP contribution < -0.4 is 0 Å². The molecule has 3 heteroatoms. The second kappa shape index (κ2) is 4.45. The zero-order valence-corrected chi connectivity index (χ0v) is 9.53. The molecule has 0 spiro atoms. The first-order valence-electron chi connectivity index (χ1n) is 4.90. The lowest BCUT2D eigenvalue weighted by atomic mass is 10.1. The average Bonchev–Trinajstić information content (AvgIpc) is 2.29. The van der Waals surface area contributed by atoms with E-state index in [4.69, 9.17) is 11.6 Å². The average molecular weight is 232 g/mol. The van der Waals surface area contributed by atoms with E-state index in [0.717, 1.165) is 5.56 Å². The summed E-state index contributed by atoms with van der Waals surface area (Å²) in [6.07, 6.45) is 1.64. The van der Waals surface area contributed by atoms with Gasteiger partial charge in [0.05, 0.1) is 0 Å². The number of benzene rings is 1. The third-order valence-corrected chi connectivity index (χ3v) is 2.51. The maximum atomic E-state index is 12.0. The van der Waals surface area contributed by atoms with Crippen molar-refractivity contribution in [3.8, 4) is 0 Å². The summed E-state index contributed by atoms with van der Waals surface area (Å²) in [5, 5.41) is 0.619. The van der Waals surface area contributed by atoms with Crippen LogP contribution in [0.25, 0.3) is 0 Å². The van der Waals surface area contributed by atoms with Gasteiger partial charge in [0, 0.05) is 16.8 Å². The molecule has 0 amide bonds. The molecule has 16 heavy (non-hydrogen) atoms. The van der Waals surface area contributed by atoms with Crippen LogP contribution in [0.5, 0.6) is 0 Å². The Hall–Kier alpha value is -1.67. The fraction of sp³-hybridized carbons (Fsp3) is 0.0769. The summed E-state index contributed by atoms with van der Waals surface area (Å²) < 4.78 is 0. The minimum absolute atomic E-state index is 0.0830. The van der Waals surface area contributed by atoms with Crippen LogP contribution in [0.2, 0.25) is 5.02 Å². The number of aromatic nitrogens is 1. The Morgan fingerprint density at radius 2 is 1.88 bits per heavy atom. The van der Waals surface area contributed by atoms with Gasteiger partial charge in [-0.05, 0) is 48.9 Å². The van der Waals surface area contributed by atoms with Crippen molar-refractivity contribution in [1.82, 2.24) is 4.98 Å². The predicted molar refractivity (Wildman–Crippen MR) is 63.9 cm³/mol. The molecular formula is C13H10ClNO.